The lowest BCUT2D eigenvalue weighted by molar-refractivity contribution is -0.119. The van der Waals surface area contributed by atoms with Crippen LogP contribution in [0.3, 0.4) is 0 Å². The summed E-state index contributed by atoms with van der Waals surface area (Å²) in [5.41, 5.74) is 2.68. The van der Waals surface area contributed by atoms with E-state index in [-0.39, 0.29) is 5.92 Å². The second kappa shape index (κ2) is 14.4. The highest BCUT2D eigenvalue weighted by molar-refractivity contribution is 5.76. The quantitative estimate of drug-likeness (QED) is 0.284. The summed E-state index contributed by atoms with van der Waals surface area (Å²) in [6, 6.07) is 9.80. The second-order valence-corrected chi connectivity index (χ2v) is 12.5. The van der Waals surface area contributed by atoms with Crippen molar-refractivity contribution in [3.8, 4) is 0 Å². The van der Waals surface area contributed by atoms with Crippen molar-refractivity contribution in [3.05, 3.63) is 34.7 Å². The summed E-state index contributed by atoms with van der Waals surface area (Å²) in [6.07, 6.45) is 18.5. The molecule has 1 amide bonds. The molecule has 3 aliphatic rings. The molecular weight excluding hydrogens is 458 g/mol. The normalized spacial score (nSPS) is 25.8. The van der Waals surface area contributed by atoms with Crippen LogP contribution < -0.4 is 4.90 Å². The SMILES string of the molecule is CCCN(C)c1ccc([C@@H]2CC(CC(=O)N=O)CC[C@H]2N(CC2CCCCC2)CC2CCCCC2)cc1. The fourth-order valence-electron chi connectivity index (χ4n) is 7.70. The first-order valence-corrected chi connectivity index (χ1v) is 15.5. The number of rotatable bonds is 11. The van der Waals surface area contributed by atoms with Gasteiger partial charge in [0.25, 0.3) is 5.91 Å². The van der Waals surface area contributed by atoms with E-state index in [0.29, 0.717) is 18.4 Å². The minimum Gasteiger partial charge on any atom is -0.375 e. The number of nitrogens with zero attached hydrogens (tertiary/aromatic N) is 3. The highest BCUT2D eigenvalue weighted by atomic mass is 16.3. The summed E-state index contributed by atoms with van der Waals surface area (Å²) in [5, 5.41) is 2.73. The van der Waals surface area contributed by atoms with E-state index in [1.54, 1.807) is 0 Å². The Balaban J connectivity index is 1.57. The van der Waals surface area contributed by atoms with E-state index < -0.39 is 5.91 Å². The summed E-state index contributed by atoms with van der Waals surface area (Å²) in [7, 11) is 2.17. The molecule has 1 aromatic rings. The van der Waals surface area contributed by atoms with Crippen molar-refractivity contribution in [1.29, 1.82) is 0 Å². The standard InChI is InChI=1S/C32H51N3O2/c1-3-20-34(2)29-17-15-28(16-18-29)30-21-27(22-32(36)33-37)14-19-31(30)35(23-25-10-6-4-7-11-25)24-26-12-8-5-9-13-26/h15-18,25-27,30-31H,3-14,19-24H2,1-2H3/t27?,30-,31+/m0/s1. The maximum atomic E-state index is 12.0. The third-order valence-corrected chi connectivity index (χ3v) is 9.71. The molecule has 3 atom stereocenters. The lowest BCUT2D eigenvalue weighted by Gasteiger charge is -2.46. The predicted molar refractivity (Wildman–Crippen MR) is 154 cm³/mol. The van der Waals surface area contributed by atoms with E-state index in [0.717, 1.165) is 44.1 Å². The number of hydrogen-bond acceptors (Lipinski definition) is 4. The van der Waals surface area contributed by atoms with Crippen LogP contribution in [-0.4, -0.2) is 43.5 Å². The van der Waals surface area contributed by atoms with Crippen LogP contribution in [0.4, 0.5) is 5.69 Å². The highest BCUT2D eigenvalue weighted by Crippen LogP contribution is 2.42. The molecule has 0 heterocycles. The molecule has 0 spiro atoms. The summed E-state index contributed by atoms with van der Waals surface area (Å²) in [5.74, 6) is 1.87. The molecule has 0 N–H and O–H groups in total. The third-order valence-electron chi connectivity index (χ3n) is 9.71. The average molecular weight is 510 g/mol. The van der Waals surface area contributed by atoms with E-state index in [1.807, 2.05) is 0 Å². The molecular formula is C32H51N3O2. The van der Waals surface area contributed by atoms with Crippen LogP contribution in [0.15, 0.2) is 29.4 Å². The van der Waals surface area contributed by atoms with Gasteiger partial charge in [0.05, 0.1) is 0 Å². The topological polar surface area (TPSA) is 53.0 Å². The minimum atomic E-state index is -0.472. The maximum absolute atomic E-state index is 12.0. The Morgan fingerprint density at radius 1 is 0.838 bits per heavy atom. The van der Waals surface area contributed by atoms with Crippen LogP contribution in [0, 0.1) is 22.7 Å². The monoisotopic (exact) mass is 509 g/mol. The number of amides is 1. The van der Waals surface area contributed by atoms with Gasteiger partial charge in [-0.1, -0.05) is 57.6 Å². The average Bonchev–Trinajstić information content (AvgIpc) is 2.94. The van der Waals surface area contributed by atoms with Crippen LogP contribution >= 0.6 is 0 Å². The van der Waals surface area contributed by atoms with Gasteiger partial charge in [-0.05, 0) is 92.7 Å². The molecule has 0 saturated heterocycles. The fraction of sp³-hybridized carbons (Fsp3) is 0.781. The van der Waals surface area contributed by atoms with Crippen molar-refractivity contribution < 1.29 is 4.79 Å². The van der Waals surface area contributed by atoms with Gasteiger partial charge in [0, 0.05) is 50.0 Å². The third kappa shape index (κ3) is 8.12. The van der Waals surface area contributed by atoms with Gasteiger partial charge in [-0.15, -0.1) is 4.91 Å². The molecule has 3 aliphatic carbocycles. The van der Waals surface area contributed by atoms with E-state index in [9.17, 15) is 9.70 Å². The Morgan fingerprint density at radius 3 is 1.97 bits per heavy atom. The highest BCUT2D eigenvalue weighted by Gasteiger charge is 2.37. The van der Waals surface area contributed by atoms with Crippen molar-refractivity contribution in [2.45, 2.75) is 115 Å². The Labute approximate surface area is 225 Å². The Bertz CT molecular complexity index is 809. The van der Waals surface area contributed by atoms with Crippen LogP contribution in [0.25, 0.3) is 0 Å². The van der Waals surface area contributed by atoms with E-state index in [2.05, 4.69) is 53.2 Å². The van der Waals surface area contributed by atoms with Crippen molar-refractivity contribution >= 4 is 11.6 Å². The zero-order chi connectivity index (χ0) is 26.0. The van der Waals surface area contributed by atoms with Gasteiger partial charge in [0.15, 0.2) is 0 Å². The van der Waals surface area contributed by atoms with Gasteiger partial charge in [0.1, 0.15) is 0 Å². The van der Waals surface area contributed by atoms with Gasteiger partial charge in [-0.3, -0.25) is 9.69 Å². The summed E-state index contributed by atoms with van der Waals surface area (Å²) in [6.45, 7) is 5.77. The van der Waals surface area contributed by atoms with E-state index in [4.69, 9.17) is 0 Å². The molecule has 1 unspecified atom stereocenters. The van der Waals surface area contributed by atoms with Crippen molar-refractivity contribution in [2.24, 2.45) is 22.9 Å². The minimum absolute atomic E-state index is 0.264. The van der Waals surface area contributed by atoms with Crippen LogP contribution in [0.2, 0.25) is 0 Å². The predicted octanol–water partition coefficient (Wildman–Crippen LogP) is 7.93. The van der Waals surface area contributed by atoms with Crippen molar-refractivity contribution in [1.82, 2.24) is 4.90 Å². The van der Waals surface area contributed by atoms with Crippen LogP contribution in [-0.2, 0) is 4.79 Å². The van der Waals surface area contributed by atoms with Gasteiger partial charge < -0.3 is 4.90 Å². The lowest BCUT2D eigenvalue weighted by Crippen LogP contribution is -2.47. The number of hydrogen-bond donors (Lipinski definition) is 0. The molecule has 3 saturated carbocycles. The summed E-state index contributed by atoms with van der Waals surface area (Å²) in [4.78, 5) is 28.1. The first-order valence-electron chi connectivity index (χ1n) is 15.5. The molecule has 37 heavy (non-hydrogen) atoms. The van der Waals surface area contributed by atoms with Gasteiger partial charge in [-0.2, -0.15) is 0 Å². The fourth-order valence-corrected chi connectivity index (χ4v) is 7.70. The van der Waals surface area contributed by atoms with E-state index >= 15 is 0 Å². The molecule has 5 heteroatoms. The molecule has 0 bridgehead atoms. The van der Waals surface area contributed by atoms with Crippen molar-refractivity contribution in [2.75, 3.05) is 31.6 Å². The summed E-state index contributed by atoms with van der Waals surface area (Å²) >= 11 is 0. The number of carbonyl (C=O) groups excluding carboxylic acids is 1. The molecule has 206 valence electrons. The zero-order valence-electron chi connectivity index (χ0n) is 23.6. The van der Waals surface area contributed by atoms with Gasteiger partial charge in [0.2, 0.25) is 0 Å². The molecule has 3 fully saturated rings. The Morgan fingerprint density at radius 2 is 1.43 bits per heavy atom. The zero-order valence-corrected chi connectivity index (χ0v) is 23.6. The lowest BCUT2D eigenvalue weighted by atomic mass is 9.72. The molecule has 5 nitrogen and oxygen atoms in total. The van der Waals surface area contributed by atoms with E-state index in [1.165, 1.54) is 88.5 Å². The molecule has 4 rings (SSSR count). The molecule has 0 radical (unpaired) electrons. The Hall–Kier alpha value is -1.75. The number of nitroso groups, excluding NO2 is 1. The molecule has 0 aromatic heterocycles. The largest absolute Gasteiger partial charge is 0.375 e. The first kappa shape index (κ1) is 28.3. The molecule has 0 aliphatic heterocycles. The van der Waals surface area contributed by atoms with Gasteiger partial charge >= 0.3 is 0 Å². The number of carbonyl (C=O) groups is 1. The maximum Gasteiger partial charge on any atom is 0.286 e. The number of anilines is 1. The smallest absolute Gasteiger partial charge is 0.286 e. The van der Waals surface area contributed by atoms with Crippen LogP contribution in [0.1, 0.15) is 115 Å². The van der Waals surface area contributed by atoms with Gasteiger partial charge in [-0.25, -0.2) is 0 Å². The Kier molecular flexibility index (Phi) is 11.0. The van der Waals surface area contributed by atoms with Crippen LogP contribution in [0.5, 0.6) is 0 Å². The molecule has 1 aromatic carbocycles. The summed E-state index contributed by atoms with van der Waals surface area (Å²) < 4.78 is 0. The first-order chi connectivity index (χ1) is 18.1. The second-order valence-electron chi connectivity index (χ2n) is 12.5. The number of benzene rings is 1. The van der Waals surface area contributed by atoms with Crippen molar-refractivity contribution in [3.63, 3.8) is 0 Å².